The van der Waals surface area contributed by atoms with Gasteiger partial charge < -0.3 is 4.57 Å². The number of nitrogens with zero attached hydrogens (tertiary/aromatic N) is 2. The topological polar surface area (TPSA) is 17.8 Å². The van der Waals surface area contributed by atoms with Crippen molar-refractivity contribution in [1.82, 2.24) is 9.55 Å². The number of aryl methyl sites for hydroxylation is 1. The summed E-state index contributed by atoms with van der Waals surface area (Å²) in [5.41, 5.74) is 3.65. The molecule has 2 aromatic rings. The molecule has 0 spiro atoms. The maximum absolute atomic E-state index is 6.41. The van der Waals surface area contributed by atoms with Crippen molar-refractivity contribution < 1.29 is 0 Å². The molecule has 1 aromatic heterocycles. The summed E-state index contributed by atoms with van der Waals surface area (Å²) in [4.78, 5) is 4.79. The molecule has 0 amide bonds. The summed E-state index contributed by atoms with van der Waals surface area (Å²) in [7, 11) is 0. The highest BCUT2D eigenvalue weighted by Gasteiger charge is 2.31. The van der Waals surface area contributed by atoms with Gasteiger partial charge in [-0.1, -0.05) is 26.8 Å². The highest BCUT2D eigenvalue weighted by Crippen LogP contribution is 2.37. The number of hydrogen-bond donors (Lipinski definition) is 0. The van der Waals surface area contributed by atoms with Gasteiger partial charge in [-0.15, -0.1) is 11.6 Å². The molecular formula is C17H25ClN2. The van der Waals surface area contributed by atoms with E-state index in [1.807, 2.05) is 6.92 Å². The molecule has 0 aliphatic carbocycles. The van der Waals surface area contributed by atoms with E-state index in [1.165, 1.54) is 11.1 Å². The van der Waals surface area contributed by atoms with Gasteiger partial charge in [-0.25, -0.2) is 4.98 Å². The molecule has 1 aromatic carbocycles. The standard InChI is InChI=1S/C17H25ClN2/c1-6-17(7-2,8-3)20-15-11-12(4)9-10-14(15)19-16(20)13(5)18/h9-11,13H,6-8H2,1-5H3. The quantitative estimate of drug-likeness (QED) is 0.659. The number of benzene rings is 1. The van der Waals surface area contributed by atoms with Crippen LogP contribution in [0.4, 0.5) is 0 Å². The minimum Gasteiger partial charge on any atom is -0.321 e. The van der Waals surface area contributed by atoms with Crippen LogP contribution in [-0.4, -0.2) is 9.55 Å². The zero-order valence-electron chi connectivity index (χ0n) is 13.2. The Kier molecular flexibility index (Phi) is 4.43. The van der Waals surface area contributed by atoms with E-state index in [0.29, 0.717) is 0 Å². The first kappa shape index (κ1) is 15.4. The van der Waals surface area contributed by atoms with Crippen molar-refractivity contribution in [3.05, 3.63) is 29.6 Å². The first-order valence-electron chi connectivity index (χ1n) is 7.62. The van der Waals surface area contributed by atoms with Crippen LogP contribution in [0, 0.1) is 6.92 Å². The maximum Gasteiger partial charge on any atom is 0.128 e. The third kappa shape index (κ3) is 2.35. The predicted molar refractivity (Wildman–Crippen MR) is 87.6 cm³/mol. The van der Waals surface area contributed by atoms with Gasteiger partial charge in [0.25, 0.3) is 0 Å². The molecule has 0 bridgehead atoms. The molecule has 0 saturated heterocycles. The lowest BCUT2D eigenvalue weighted by atomic mass is 9.88. The average molecular weight is 293 g/mol. The molecule has 20 heavy (non-hydrogen) atoms. The molecule has 0 fully saturated rings. The second kappa shape index (κ2) is 5.77. The number of fused-ring (bicyclic) bond motifs is 1. The van der Waals surface area contributed by atoms with Crippen LogP contribution in [-0.2, 0) is 5.54 Å². The van der Waals surface area contributed by atoms with Crippen molar-refractivity contribution >= 4 is 22.6 Å². The normalized spacial score (nSPS) is 13.9. The molecule has 2 nitrogen and oxygen atoms in total. The van der Waals surface area contributed by atoms with Crippen molar-refractivity contribution in [2.45, 2.75) is 64.8 Å². The Balaban J connectivity index is 2.83. The van der Waals surface area contributed by atoms with Gasteiger partial charge in [0.15, 0.2) is 0 Å². The van der Waals surface area contributed by atoms with E-state index in [4.69, 9.17) is 16.6 Å². The summed E-state index contributed by atoms with van der Waals surface area (Å²) in [5.74, 6) is 0.998. The Labute approximate surface area is 127 Å². The fourth-order valence-corrected chi connectivity index (χ4v) is 3.34. The highest BCUT2D eigenvalue weighted by atomic mass is 35.5. The molecule has 0 aliphatic rings. The van der Waals surface area contributed by atoms with Gasteiger partial charge in [0.1, 0.15) is 5.82 Å². The lowest BCUT2D eigenvalue weighted by Gasteiger charge is -2.35. The van der Waals surface area contributed by atoms with E-state index in [0.717, 1.165) is 30.6 Å². The van der Waals surface area contributed by atoms with Crippen LogP contribution >= 0.6 is 11.6 Å². The Bertz CT molecular complexity index is 586. The van der Waals surface area contributed by atoms with E-state index in [1.54, 1.807) is 0 Å². The van der Waals surface area contributed by atoms with Crippen LogP contribution < -0.4 is 0 Å². The summed E-state index contributed by atoms with van der Waals surface area (Å²) < 4.78 is 2.41. The van der Waals surface area contributed by atoms with Crippen LogP contribution in [0.1, 0.15) is 63.7 Å². The van der Waals surface area contributed by atoms with Gasteiger partial charge >= 0.3 is 0 Å². The molecule has 110 valence electrons. The number of alkyl halides is 1. The van der Waals surface area contributed by atoms with Crippen molar-refractivity contribution in [2.75, 3.05) is 0 Å². The van der Waals surface area contributed by atoms with Crippen LogP contribution in [0.15, 0.2) is 18.2 Å². The smallest absolute Gasteiger partial charge is 0.128 e. The second-order valence-electron chi connectivity index (χ2n) is 5.70. The van der Waals surface area contributed by atoms with Crippen molar-refractivity contribution in [2.24, 2.45) is 0 Å². The average Bonchev–Trinajstić information content (AvgIpc) is 2.81. The predicted octanol–water partition coefficient (Wildman–Crippen LogP) is 5.57. The largest absolute Gasteiger partial charge is 0.321 e. The van der Waals surface area contributed by atoms with Crippen molar-refractivity contribution in [3.8, 4) is 0 Å². The number of imidazole rings is 1. The lowest BCUT2D eigenvalue weighted by Crippen LogP contribution is -2.33. The van der Waals surface area contributed by atoms with Gasteiger partial charge in [0, 0.05) is 5.54 Å². The molecule has 1 atom stereocenters. The third-order valence-electron chi connectivity index (χ3n) is 4.64. The number of halogens is 1. The highest BCUT2D eigenvalue weighted by molar-refractivity contribution is 6.20. The Morgan fingerprint density at radius 3 is 2.30 bits per heavy atom. The van der Waals surface area contributed by atoms with E-state index in [2.05, 4.69) is 50.5 Å². The zero-order chi connectivity index (χ0) is 14.9. The Morgan fingerprint density at radius 1 is 1.20 bits per heavy atom. The zero-order valence-corrected chi connectivity index (χ0v) is 14.0. The Hall–Kier alpha value is -1.02. The van der Waals surface area contributed by atoms with Gasteiger partial charge in [-0.2, -0.15) is 0 Å². The van der Waals surface area contributed by atoms with Gasteiger partial charge in [-0.3, -0.25) is 0 Å². The van der Waals surface area contributed by atoms with Crippen LogP contribution in [0.25, 0.3) is 11.0 Å². The molecule has 1 heterocycles. The fraction of sp³-hybridized carbons (Fsp3) is 0.588. The van der Waals surface area contributed by atoms with Gasteiger partial charge in [0.05, 0.1) is 16.4 Å². The van der Waals surface area contributed by atoms with Gasteiger partial charge in [0.2, 0.25) is 0 Å². The van der Waals surface area contributed by atoms with E-state index >= 15 is 0 Å². The monoisotopic (exact) mass is 292 g/mol. The molecule has 1 unspecified atom stereocenters. The molecule has 0 radical (unpaired) electrons. The Morgan fingerprint density at radius 2 is 1.80 bits per heavy atom. The van der Waals surface area contributed by atoms with Gasteiger partial charge in [-0.05, 0) is 50.8 Å². The molecule has 0 N–H and O–H groups in total. The number of rotatable bonds is 5. The fourth-order valence-electron chi connectivity index (χ4n) is 3.19. The van der Waals surface area contributed by atoms with Crippen LogP contribution in [0.3, 0.4) is 0 Å². The second-order valence-corrected chi connectivity index (χ2v) is 6.35. The molecular weight excluding hydrogens is 268 g/mol. The van der Waals surface area contributed by atoms with Crippen LogP contribution in [0.2, 0.25) is 0 Å². The van der Waals surface area contributed by atoms with E-state index in [9.17, 15) is 0 Å². The summed E-state index contributed by atoms with van der Waals surface area (Å²) in [6, 6.07) is 6.46. The molecule has 3 heteroatoms. The maximum atomic E-state index is 6.41. The van der Waals surface area contributed by atoms with E-state index in [-0.39, 0.29) is 10.9 Å². The number of hydrogen-bond acceptors (Lipinski definition) is 1. The summed E-state index contributed by atoms with van der Waals surface area (Å²) >= 11 is 6.41. The molecule has 2 rings (SSSR count). The third-order valence-corrected chi connectivity index (χ3v) is 4.84. The minimum absolute atomic E-state index is 0.0771. The molecule has 0 aliphatic heterocycles. The van der Waals surface area contributed by atoms with Crippen molar-refractivity contribution in [3.63, 3.8) is 0 Å². The summed E-state index contributed by atoms with van der Waals surface area (Å²) in [6.07, 6.45) is 3.28. The SMILES string of the molecule is CCC(CC)(CC)n1c(C(C)Cl)nc2ccc(C)cc21. The first-order valence-corrected chi connectivity index (χ1v) is 8.06. The number of aromatic nitrogens is 2. The summed E-state index contributed by atoms with van der Waals surface area (Å²) in [6.45, 7) is 10.9. The van der Waals surface area contributed by atoms with E-state index < -0.39 is 0 Å². The van der Waals surface area contributed by atoms with Crippen molar-refractivity contribution in [1.29, 1.82) is 0 Å². The lowest BCUT2D eigenvalue weighted by molar-refractivity contribution is 0.251. The first-order chi connectivity index (χ1) is 9.49. The minimum atomic E-state index is -0.0771. The van der Waals surface area contributed by atoms with Crippen LogP contribution in [0.5, 0.6) is 0 Å². The summed E-state index contributed by atoms with van der Waals surface area (Å²) in [5, 5.41) is -0.0771. The molecule has 0 saturated carbocycles.